The quantitative estimate of drug-likeness (QED) is 0.653. The monoisotopic (exact) mass is 187 g/mol. The van der Waals surface area contributed by atoms with Crippen molar-refractivity contribution in [3.63, 3.8) is 0 Å². The molecule has 0 radical (unpaired) electrons. The number of hydrogen-bond acceptors (Lipinski definition) is 3. The summed E-state index contributed by atoms with van der Waals surface area (Å²) in [6.45, 7) is 1.38. The van der Waals surface area contributed by atoms with E-state index in [0.29, 0.717) is 11.6 Å². The topological polar surface area (TPSA) is 50.1 Å². The highest BCUT2D eigenvalue weighted by Crippen LogP contribution is 2.16. The molecule has 5 heteroatoms. The Kier molecular flexibility index (Phi) is 2.04. The predicted molar refractivity (Wildman–Crippen MR) is 45.2 cm³/mol. The third kappa shape index (κ3) is 1.33. The fraction of sp³-hybridized carbons (Fsp3) is 0.571. The van der Waals surface area contributed by atoms with Crippen molar-refractivity contribution in [1.29, 1.82) is 0 Å². The predicted octanol–water partition coefficient (Wildman–Crippen LogP) is 0.0417. The van der Waals surface area contributed by atoms with E-state index in [0.717, 1.165) is 6.54 Å². The van der Waals surface area contributed by atoms with Crippen LogP contribution in [0.25, 0.3) is 0 Å². The van der Waals surface area contributed by atoms with E-state index < -0.39 is 0 Å². The first-order valence-electron chi connectivity index (χ1n) is 3.86. The van der Waals surface area contributed by atoms with Crippen molar-refractivity contribution in [3.05, 3.63) is 17.4 Å². The summed E-state index contributed by atoms with van der Waals surface area (Å²) in [6.07, 6.45) is 2.94. The van der Waals surface area contributed by atoms with Crippen LogP contribution in [0.2, 0.25) is 5.02 Å². The molecule has 2 rings (SSSR count). The van der Waals surface area contributed by atoms with Gasteiger partial charge in [0, 0.05) is 19.3 Å². The first kappa shape index (κ1) is 8.04. The van der Waals surface area contributed by atoms with Crippen molar-refractivity contribution >= 4 is 11.6 Å². The number of hydrogen-bond donors (Lipinski definition) is 2. The molecular weight excluding hydrogens is 178 g/mol. The largest absolute Gasteiger partial charge is 0.390 e. The van der Waals surface area contributed by atoms with Crippen LogP contribution in [-0.2, 0) is 0 Å². The minimum Gasteiger partial charge on any atom is -0.390 e. The van der Waals surface area contributed by atoms with Gasteiger partial charge in [0.2, 0.25) is 0 Å². The van der Waals surface area contributed by atoms with Crippen LogP contribution >= 0.6 is 11.6 Å². The van der Waals surface area contributed by atoms with Crippen molar-refractivity contribution in [3.8, 4) is 0 Å². The molecule has 0 spiro atoms. The Morgan fingerprint density at radius 2 is 2.50 bits per heavy atom. The Morgan fingerprint density at radius 3 is 3.00 bits per heavy atom. The smallest absolute Gasteiger partial charge is 0.0915 e. The second kappa shape index (κ2) is 3.05. The van der Waals surface area contributed by atoms with Crippen molar-refractivity contribution in [2.75, 3.05) is 13.1 Å². The lowest BCUT2D eigenvalue weighted by Gasteiger charge is -2.12. The van der Waals surface area contributed by atoms with Gasteiger partial charge in [-0.15, -0.1) is 0 Å². The molecule has 4 nitrogen and oxygen atoms in total. The number of nitrogens with one attached hydrogen (secondary N) is 1. The van der Waals surface area contributed by atoms with Crippen molar-refractivity contribution < 1.29 is 5.11 Å². The fourth-order valence-electron chi connectivity index (χ4n) is 1.42. The minimum atomic E-state index is -0.360. The molecule has 1 aromatic heterocycles. The maximum atomic E-state index is 9.49. The number of aliphatic hydroxyl groups excluding tert-OH is 1. The molecule has 66 valence electrons. The summed E-state index contributed by atoms with van der Waals surface area (Å²) in [5, 5.41) is 17.2. The average molecular weight is 188 g/mol. The summed E-state index contributed by atoms with van der Waals surface area (Å²) < 4.78 is 1.70. The summed E-state index contributed by atoms with van der Waals surface area (Å²) in [4.78, 5) is 0. The first-order valence-corrected chi connectivity index (χ1v) is 4.23. The Balaban J connectivity index is 2.19. The van der Waals surface area contributed by atoms with Crippen LogP contribution in [0.15, 0.2) is 12.4 Å². The molecule has 2 unspecified atom stereocenters. The number of rotatable bonds is 1. The standard InChI is InChI=1S/C7H10ClN3O/c8-5-1-10-11(4-5)6-2-9-3-7(6)12/h1,4,6-7,9,12H,2-3H2. The van der Waals surface area contributed by atoms with Crippen LogP contribution in [0.1, 0.15) is 6.04 Å². The maximum absolute atomic E-state index is 9.49. The van der Waals surface area contributed by atoms with Crippen molar-refractivity contribution in [2.24, 2.45) is 0 Å². The molecule has 2 N–H and O–H groups in total. The normalized spacial score (nSPS) is 29.5. The van der Waals surface area contributed by atoms with E-state index in [2.05, 4.69) is 10.4 Å². The number of nitrogens with zero attached hydrogens (tertiary/aromatic N) is 2. The molecule has 1 aromatic rings. The average Bonchev–Trinajstić information content (AvgIpc) is 2.58. The Hall–Kier alpha value is -0.580. The van der Waals surface area contributed by atoms with Gasteiger partial charge in [0.1, 0.15) is 0 Å². The van der Waals surface area contributed by atoms with Crippen LogP contribution in [0.3, 0.4) is 0 Å². The maximum Gasteiger partial charge on any atom is 0.0915 e. The molecule has 0 bridgehead atoms. The second-order valence-electron chi connectivity index (χ2n) is 2.93. The molecule has 0 saturated carbocycles. The molecule has 1 aliphatic heterocycles. The summed E-state index contributed by atoms with van der Waals surface area (Å²) in [7, 11) is 0. The van der Waals surface area contributed by atoms with E-state index in [9.17, 15) is 5.11 Å². The lowest BCUT2D eigenvalue weighted by atomic mass is 10.2. The second-order valence-corrected chi connectivity index (χ2v) is 3.37. The fourth-order valence-corrected chi connectivity index (χ4v) is 1.56. The summed E-state index contributed by atoms with van der Waals surface area (Å²) in [6, 6.07) is 0.0255. The van der Waals surface area contributed by atoms with E-state index in [-0.39, 0.29) is 12.1 Å². The highest BCUT2D eigenvalue weighted by molar-refractivity contribution is 6.30. The van der Waals surface area contributed by atoms with Crippen molar-refractivity contribution in [2.45, 2.75) is 12.1 Å². The molecule has 2 heterocycles. The highest BCUT2D eigenvalue weighted by Gasteiger charge is 2.26. The van der Waals surface area contributed by atoms with E-state index in [1.54, 1.807) is 17.1 Å². The Bertz CT molecular complexity index is 275. The van der Waals surface area contributed by atoms with Crippen molar-refractivity contribution in [1.82, 2.24) is 15.1 Å². The van der Waals surface area contributed by atoms with Gasteiger partial charge in [-0.05, 0) is 0 Å². The lowest BCUT2D eigenvalue weighted by molar-refractivity contribution is 0.145. The third-order valence-electron chi connectivity index (χ3n) is 2.06. The molecule has 1 aliphatic rings. The van der Waals surface area contributed by atoms with Gasteiger partial charge in [0.15, 0.2) is 0 Å². The Labute approximate surface area is 75.1 Å². The van der Waals surface area contributed by atoms with Gasteiger partial charge in [-0.1, -0.05) is 11.6 Å². The van der Waals surface area contributed by atoms with Gasteiger partial charge in [-0.2, -0.15) is 5.10 Å². The van der Waals surface area contributed by atoms with Crippen LogP contribution in [0, 0.1) is 0 Å². The van der Waals surface area contributed by atoms with Crippen LogP contribution in [0.4, 0.5) is 0 Å². The van der Waals surface area contributed by atoms with E-state index in [1.807, 2.05) is 0 Å². The molecular formula is C7H10ClN3O. The van der Waals surface area contributed by atoms with Crippen LogP contribution in [0.5, 0.6) is 0 Å². The molecule has 2 atom stereocenters. The van der Waals surface area contributed by atoms with Gasteiger partial charge in [0.25, 0.3) is 0 Å². The molecule has 1 fully saturated rings. The van der Waals surface area contributed by atoms with Gasteiger partial charge < -0.3 is 10.4 Å². The molecule has 1 saturated heterocycles. The number of aliphatic hydroxyl groups is 1. The van der Waals surface area contributed by atoms with Gasteiger partial charge in [0.05, 0.1) is 23.4 Å². The zero-order valence-corrected chi connectivity index (χ0v) is 7.20. The Morgan fingerprint density at radius 1 is 1.67 bits per heavy atom. The number of aromatic nitrogens is 2. The van der Waals surface area contributed by atoms with Crippen LogP contribution < -0.4 is 5.32 Å². The van der Waals surface area contributed by atoms with E-state index in [4.69, 9.17) is 11.6 Å². The highest BCUT2D eigenvalue weighted by atomic mass is 35.5. The van der Waals surface area contributed by atoms with E-state index in [1.165, 1.54) is 0 Å². The summed E-state index contributed by atoms with van der Waals surface area (Å²) in [5.74, 6) is 0. The zero-order valence-electron chi connectivity index (χ0n) is 6.44. The minimum absolute atomic E-state index is 0.0255. The molecule has 0 aromatic carbocycles. The molecule has 0 aliphatic carbocycles. The van der Waals surface area contributed by atoms with Gasteiger partial charge >= 0.3 is 0 Å². The number of halogens is 1. The third-order valence-corrected chi connectivity index (χ3v) is 2.26. The lowest BCUT2D eigenvalue weighted by Crippen LogP contribution is -2.22. The molecule has 0 amide bonds. The summed E-state index contributed by atoms with van der Waals surface area (Å²) in [5.41, 5.74) is 0. The van der Waals surface area contributed by atoms with E-state index >= 15 is 0 Å². The zero-order chi connectivity index (χ0) is 8.55. The molecule has 12 heavy (non-hydrogen) atoms. The van der Waals surface area contributed by atoms with Gasteiger partial charge in [-0.3, -0.25) is 4.68 Å². The van der Waals surface area contributed by atoms with Gasteiger partial charge in [-0.25, -0.2) is 0 Å². The SMILES string of the molecule is OC1CNCC1n1cc(Cl)cn1. The summed E-state index contributed by atoms with van der Waals surface area (Å²) >= 11 is 5.70. The van der Waals surface area contributed by atoms with Crippen LogP contribution in [-0.4, -0.2) is 34.1 Å². The number of β-amino-alcohol motifs (C(OH)–C–C–N with tert-alkyl or cyclic N) is 1. The first-order chi connectivity index (χ1) is 5.77.